The summed E-state index contributed by atoms with van der Waals surface area (Å²) in [6, 6.07) is -2.23. The minimum Gasteiger partial charge on any atom is -0.540 e. The Bertz CT molecular complexity index is 314. The maximum Gasteiger partial charge on any atom is 2.00 e. The molecule has 10 N–H and O–H groups in total. The van der Waals surface area contributed by atoms with Gasteiger partial charge in [0.05, 0.1) is 0 Å². The van der Waals surface area contributed by atoms with E-state index in [1.807, 2.05) is 0 Å². The Kier molecular flexibility index (Phi) is 20.9. The first-order chi connectivity index (χ1) is 10.3. The summed E-state index contributed by atoms with van der Waals surface area (Å²) in [6.45, 7) is 0.898. The Morgan fingerprint density at radius 1 is 0.826 bits per heavy atom. The van der Waals surface area contributed by atoms with E-state index in [0.29, 0.717) is 38.8 Å². The molecule has 0 unspecified atom stereocenters. The Labute approximate surface area is 145 Å². The number of nitrogens with one attached hydrogen (secondary N) is 2. The van der Waals surface area contributed by atoms with Crippen LogP contribution >= 0.6 is 0 Å². The van der Waals surface area contributed by atoms with Crippen molar-refractivity contribution in [2.75, 3.05) is 13.1 Å². The smallest absolute Gasteiger partial charge is 0.540 e. The maximum atomic E-state index is 10.1. The summed E-state index contributed by atoms with van der Waals surface area (Å²) in [7, 11) is 0. The van der Waals surface area contributed by atoms with Crippen LogP contribution in [0.15, 0.2) is 0 Å². The van der Waals surface area contributed by atoms with Gasteiger partial charge in [0.25, 0.3) is 0 Å². The molecule has 0 aliphatic carbocycles. The summed E-state index contributed by atoms with van der Waals surface area (Å²) in [6.07, 6.45) is 5.59. The fourth-order valence-electron chi connectivity index (χ4n) is 1.18. The number of hydrogen-bond acceptors (Lipinski definition) is 6. The van der Waals surface area contributed by atoms with Crippen molar-refractivity contribution in [2.45, 2.75) is 37.8 Å². The number of amides is 4. The molecule has 0 aromatic carbocycles. The molecule has 0 aliphatic heterocycles. The van der Waals surface area contributed by atoms with Gasteiger partial charge >= 0.3 is 29.1 Å². The molecule has 0 heterocycles. The third-order valence-electron chi connectivity index (χ3n) is 2.29. The number of urea groups is 2. The van der Waals surface area contributed by atoms with Crippen molar-refractivity contribution in [1.82, 2.24) is 10.6 Å². The second-order valence-electron chi connectivity index (χ2n) is 4.32. The largest absolute Gasteiger partial charge is 2.00 e. The Hall–Kier alpha value is -1.68. The third-order valence-corrected chi connectivity index (χ3v) is 2.29. The second-order valence-corrected chi connectivity index (χ2v) is 4.32. The van der Waals surface area contributed by atoms with Crippen LogP contribution in [0.25, 0.3) is 0 Å². The monoisotopic (exact) mass is 379 g/mol. The molecular formula is C12H24CuN6O4. The number of rotatable bonds is 10. The molecule has 0 fully saturated rings. The average molecular weight is 380 g/mol. The van der Waals surface area contributed by atoms with Gasteiger partial charge in [-0.3, -0.25) is 0 Å². The van der Waals surface area contributed by atoms with E-state index < -0.39 is 24.1 Å². The first-order valence-electron chi connectivity index (χ1n) is 6.66. The maximum absolute atomic E-state index is 10.1. The number of primary amides is 2. The molecule has 2 atom stereocenters. The van der Waals surface area contributed by atoms with Crippen molar-refractivity contribution in [3.8, 4) is 0 Å². The zero-order valence-corrected chi connectivity index (χ0v) is 13.6. The van der Waals surface area contributed by atoms with E-state index in [1.54, 1.807) is 12.6 Å². The van der Waals surface area contributed by atoms with Crippen molar-refractivity contribution >= 4 is 24.6 Å². The molecule has 1 radical (unpaired) electrons. The number of hydrogen-bond donors (Lipinski definition) is 6. The van der Waals surface area contributed by atoms with Crippen molar-refractivity contribution < 1.29 is 36.2 Å². The molecule has 0 spiro atoms. The summed E-state index contributed by atoms with van der Waals surface area (Å²) in [5.74, 6) is 0. The average Bonchev–Trinajstić information content (AvgIpc) is 2.47. The van der Waals surface area contributed by atoms with Crippen molar-refractivity contribution in [3.05, 3.63) is 0 Å². The number of carbonyl (C=O) groups is 2. The SMILES string of the molecule is NC(=O)NCCC[C@H](N)[C-]=O.NC(=O)NCCC[C@H](N)[C-]=O.[Cu+2]. The van der Waals surface area contributed by atoms with Crippen molar-refractivity contribution in [2.24, 2.45) is 22.9 Å². The zero-order valence-electron chi connectivity index (χ0n) is 12.6. The normalized spacial score (nSPS) is 11.6. The standard InChI is InChI=1S/2C6H12N3O2.Cu/c2*7-5(4-10)2-1-3-9-6(8)11;/h2*5H,1-3,7H2,(H3,8,9,11);/q2*-1;+2/t2*5-;/m00./s1. The van der Waals surface area contributed by atoms with E-state index in [4.69, 9.17) is 22.9 Å². The van der Waals surface area contributed by atoms with E-state index >= 15 is 0 Å². The summed E-state index contributed by atoms with van der Waals surface area (Å²) >= 11 is 0. The van der Waals surface area contributed by atoms with Crippen LogP contribution in [0.5, 0.6) is 0 Å². The van der Waals surface area contributed by atoms with Crippen LogP contribution in [-0.2, 0) is 26.7 Å². The second kappa shape index (κ2) is 18.4. The minimum absolute atomic E-state index is 0. The van der Waals surface area contributed by atoms with Crippen molar-refractivity contribution in [1.29, 1.82) is 0 Å². The van der Waals surface area contributed by atoms with E-state index in [0.717, 1.165) is 0 Å². The van der Waals surface area contributed by atoms with Gasteiger partial charge in [-0.15, -0.1) is 0 Å². The van der Waals surface area contributed by atoms with Gasteiger partial charge in [0.1, 0.15) is 0 Å². The molecule has 4 amide bonds. The summed E-state index contributed by atoms with van der Waals surface area (Å²) in [5.41, 5.74) is 20.0. The molecule has 23 heavy (non-hydrogen) atoms. The minimum atomic E-state index is -0.561. The van der Waals surface area contributed by atoms with Gasteiger partial charge in [0, 0.05) is 13.1 Å². The Morgan fingerprint density at radius 3 is 1.35 bits per heavy atom. The van der Waals surface area contributed by atoms with E-state index in [9.17, 15) is 19.2 Å². The van der Waals surface area contributed by atoms with Gasteiger partial charge in [-0.1, -0.05) is 24.9 Å². The third kappa shape index (κ3) is 25.6. The molecule has 0 saturated heterocycles. The van der Waals surface area contributed by atoms with Crippen LogP contribution in [0.3, 0.4) is 0 Å². The van der Waals surface area contributed by atoms with Crippen LogP contribution in [0.4, 0.5) is 9.59 Å². The molecular weight excluding hydrogens is 356 g/mol. The molecule has 0 aromatic heterocycles. The summed E-state index contributed by atoms with van der Waals surface area (Å²) < 4.78 is 0. The molecule has 0 aromatic rings. The van der Waals surface area contributed by atoms with Crippen molar-refractivity contribution in [3.63, 3.8) is 0 Å². The van der Waals surface area contributed by atoms with Gasteiger partial charge in [-0.25, -0.2) is 22.2 Å². The van der Waals surface area contributed by atoms with Gasteiger partial charge in [-0.05, 0) is 12.8 Å². The molecule has 0 rings (SSSR count). The van der Waals surface area contributed by atoms with E-state index in [-0.39, 0.29) is 17.1 Å². The molecule has 137 valence electrons. The fraction of sp³-hybridized carbons (Fsp3) is 0.667. The van der Waals surface area contributed by atoms with E-state index in [1.165, 1.54) is 0 Å². The number of carbonyl (C=O) groups excluding carboxylic acids is 4. The zero-order chi connectivity index (χ0) is 17.4. The first kappa shape index (κ1) is 26.2. The van der Waals surface area contributed by atoms with Crippen LogP contribution in [0, 0.1) is 0 Å². The van der Waals surface area contributed by atoms with Gasteiger partial charge < -0.3 is 43.2 Å². The quantitative estimate of drug-likeness (QED) is 0.140. The molecule has 0 saturated carbocycles. The molecule has 0 bridgehead atoms. The molecule has 11 heteroatoms. The molecule has 10 nitrogen and oxygen atoms in total. The Morgan fingerprint density at radius 2 is 1.13 bits per heavy atom. The van der Waals surface area contributed by atoms with Crippen LogP contribution in [-0.4, -0.2) is 49.8 Å². The molecule has 0 aliphatic rings. The van der Waals surface area contributed by atoms with Gasteiger partial charge in [0.15, 0.2) is 0 Å². The Balaban J connectivity index is -0.000000333. The number of nitrogens with two attached hydrogens (primary N) is 4. The predicted octanol–water partition coefficient (Wildman–Crippen LogP) is -2.26. The van der Waals surface area contributed by atoms with Gasteiger partial charge in [0.2, 0.25) is 0 Å². The summed E-state index contributed by atoms with van der Waals surface area (Å²) in [5, 5.41) is 4.76. The predicted molar refractivity (Wildman–Crippen MR) is 81.0 cm³/mol. The van der Waals surface area contributed by atoms with E-state index in [2.05, 4.69) is 10.6 Å². The first-order valence-corrected chi connectivity index (χ1v) is 6.66. The fourth-order valence-corrected chi connectivity index (χ4v) is 1.18. The van der Waals surface area contributed by atoms with Crippen LogP contribution in [0.1, 0.15) is 25.7 Å². The van der Waals surface area contributed by atoms with Crippen LogP contribution < -0.4 is 33.6 Å². The summed E-state index contributed by atoms with van der Waals surface area (Å²) in [4.78, 5) is 40.0. The van der Waals surface area contributed by atoms with Gasteiger partial charge in [-0.2, -0.15) is 0 Å². The topological polar surface area (TPSA) is 196 Å². The van der Waals surface area contributed by atoms with Crippen LogP contribution in [0.2, 0.25) is 0 Å².